The molecule has 0 spiro atoms. The van der Waals surface area contributed by atoms with Gasteiger partial charge in [-0.2, -0.15) is 0 Å². The predicted octanol–water partition coefficient (Wildman–Crippen LogP) is 1.16. The number of nitrogens with zero attached hydrogens (tertiary/aromatic N) is 1. The number of rotatable bonds is 5. The minimum atomic E-state index is -0.0228. The molecular weight excluding hydrogens is 218 g/mol. The smallest absolute Gasteiger partial charge is 0.137 e. The van der Waals surface area contributed by atoms with Crippen molar-refractivity contribution in [1.82, 2.24) is 10.4 Å². The third kappa shape index (κ3) is 2.94. The van der Waals surface area contributed by atoms with Gasteiger partial charge in [-0.3, -0.25) is 16.3 Å². The first-order valence-electron chi connectivity index (χ1n) is 6.00. The fourth-order valence-electron chi connectivity index (χ4n) is 2.13. The molecule has 0 bridgehead atoms. The Morgan fingerprint density at radius 2 is 2.53 bits per heavy atom. The normalized spacial score (nSPS) is 21.4. The Morgan fingerprint density at radius 1 is 1.65 bits per heavy atom. The summed E-state index contributed by atoms with van der Waals surface area (Å²) >= 11 is 0. The van der Waals surface area contributed by atoms with Crippen LogP contribution < -0.4 is 16.0 Å². The van der Waals surface area contributed by atoms with E-state index >= 15 is 0 Å². The van der Waals surface area contributed by atoms with E-state index in [-0.39, 0.29) is 12.1 Å². The molecule has 2 unspecified atom stereocenters. The van der Waals surface area contributed by atoms with Crippen molar-refractivity contribution in [2.24, 2.45) is 5.84 Å². The van der Waals surface area contributed by atoms with E-state index in [1.807, 2.05) is 13.0 Å². The van der Waals surface area contributed by atoms with Crippen molar-refractivity contribution in [2.75, 3.05) is 13.2 Å². The summed E-state index contributed by atoms with van der Waals surface area (Å²) in [6, 6.07) is 1.94. The second-order valence-corrected chi connectivity index (χ2v) is 4.08. The molecule has 0 aliphatic carbocycles. The number of hydrogen-bond acceptors (Lipinski definition) is 5. The van der Waals surface area contributed by atoms with Crippen molar-refractivity contribution < 1.29 is 9.47 Å². The van der Waals surface area contributed by atoms with Crippen LogP contribution in [0, 0.1) is 0 Å². The zero-order valence-corrected chi connectivity index (χ0v) is 10.1. The number of ether oxygens (including phenoxy) is 2. The molecule has 0 amide bonds. The number of nitrogens with one attached hydrogen (secondary N) is 1. The molecule has 1 aliphatic heterocycles. The quantitative estimate of drug-likeness (QED) is 0.594. The predicted molar refractivity (Wildman–Crippen MR) is 64.4 cm³/mol. The van der Waals surface area contributed by atoms with E-state index in [1.165, 1.54) is 0 Å². The largest absolute Gasteiger partial charge is 0.492 e. The van der Waals surface area contributed by atoms with Crippen LogP contribution in [0.2, 0.25) is 0 Å². The van der Waals surface area contributed by atoms with E-state index in [1.54, 1.807) is 12.4 Å². The first-order valence-corrected chi connectivity index (χ1v) is 6.00. The average molecular weight is 237 g/mol. The lowest BCUT2D eigenvalue weighted by molar-refractivity contribution is 0.0781. The van der Waals surface area contributed by atoms with E-state index in [2.05, 4.69) is 10.4 Å². The zero-order chi connectivity index (χ0) is 12.1. The molecule has 0 aromatic carbocycles. The van der Waals surface area contributed by atoms with Crippen LogP contribution in [0.4, 0.5) is 0 Å². The maximum absolute atomic E-state index is 5.65. The highest BCUT2D eigenvalue weighted by Gasteiger charge is 2.26. The van der Waals surface area contributed by atoms with E-state index in [4.69, 9.17) is 15.3 Å². The van der Waals surface area contributed by atoms with Gasteiger partial charge in [0.05, 0.1) is 24.9 Å². The van der Waals surface area contributed by atoms with Gasteiger partial charge >= 0.3 is 0 Å². The van der Waals surface area contributed by atoms with Crippen LogP contribution in [0.25, 0.3) is 0 Å². The first kappa shape index (κ1) is 12.3. The second-order valence-electron chi connectivity index (χ2n) is 4.08. The number of hydrogen-bond donors (Lipinski definition) is 2. The molecule has 2 atom stereocenters. The van der Waals surface area contributed by atoms with Crippen LogP contribution in [0.5, 0.6) is 5.75 Å². The molecule has 0 radical (unpaired) electrons. The fraction of sp³-hybridized carbons (Fsp3) is 0.583. The standard InChI is InChI=1S/C12H19N3O2/c1-2-16-10-6-9(7-14-8-10)12(15-13)11-4-3-5-17-11/h6-8,11-12,15H,2-5,13H2,1H3. The molecule has 5 nitrogen and oxygen atoms in total. The molecule has 1 aliphatic rings. The lowest BCUT2D eigenvalue weighted by Gasteiger charge is -2.22. The van der Waals surface area contributed by atoms with Gasteiger partial charge in [0, 0.05) is 12.8 Å². The molecule has 5 heteroatoms. The highest BCUT2D eigenvalue weighted by atomic mass is 16.5. The summed E-state index contributed by atoms with van der Waals surface area (Å²) in [6.45, 7) is 3.39. The molecule has 1 fully saturated rings. The van der Waals surface area contributed by atoms with Gasteiger partial charge in [0.2, 0.25) is 0 Å². The summed E-state index contributed by atoms with van der Waals surface area (Å²) < 4.78 is 11.1. The van der Waals surface area contributed by atoms with Gasteiger partial charge in [-0.1, -0.05) is 0 Å². The molecule has 1 aromatic rings. The third-order valence-corrected chi connectivity index (χ3v) is 2.92. The van der Waals surface area contributed by atoms with Crippen molar-refractivity contribution in [2.45, 2.75) is 31.9 Å². The summed E-state index contributed by atoms with van der Waals surface area (Å²) in [5, 5.41) is 0. The summed E-state index contributed by atoms with van der Waals surface area (Å²) in [5.74, 6) is 6.38. The Labute approximate surface area is 101 Å². The van der Waals surface area contributed by atoms with Crippen molar-refractivity contribution in [1.29, 1.82) is 0 Å². The molecule has 1 aromatic heterocycles. The van der Waals surface area contributed by atoms with Gasteiger partial charge in [-0.05, 0) is 31.4 Å². The number of nitrogens with two attached hydrogens (primary N) is 1. The molecule has 1 saturated heterocycles. The summed E-state index contributed by atoms with van der Waals surface area (Å²) in [6.07, 6.45) is 5.73. The second kappa shape index (κ2) is 5.95. The fourth-order valence-corrected chi connectivity index (χ4v) is 2.13. The van der Waals surface area contributed by atoms with Gasteiger partial charge in [0.1, 0.15) is 5.75 Å². The molecule has 3 N–H and O–H groups in total. The Bertz CT molecular complexity index is 353. The SMILES string of the molecule is CCOc1cncc(C(NN)C2CCCO2)c1. The van der Waals surface area contributed by atoms with Crippen LogP contribution in [-0.4, -0.2) is 24.3 Å². The van der Waals surface area contributed by atoms with Crippen molar-refractivity contribution >= 4 is 0 Å². The molecule has 17 heavy (non-hydrogen) atoms. The van der Waals surface area contributed by atoms with Gasteiger partial charge in [0.15, 0.2) is 0 Å². The summed E-state index contributed by atoms with van der Waals surface area (Å²) in [7, 11) is 0. The van der Waals surface area contributed by atoms with Crippen molar-refractivity contribution in [3.8, 4) is 5.75 Å². The molecule has 94 valence electrons. The number of hydrazine groups is 1. The Kier molecular flexibility index (Phi) is 4.30. The Morgan fingerprint density at radius 3 is 3.18 bits per heavy atom. The summed E-state index contributed by atoms with van der Waals surface area (Å²) in [5.41, 5.74) is 3.81. The van der Waals surface area contributed by atoms with Crippen LogP contribution in [0.1, 0.15) is 31.4 Å². The molecule has 2 rings (SSSR count). The van der Waals surface area contributed by atoms with Crippen molar-refractivity contribution in [3.63, 3.8) is 0 Å². The topological polar surface area (TPSA) is 69.4 Å². The Balaban J connectivity index is 2.14. The molecular formula is C12H19N3O2. The van der Waals surface area contributed by atoms with E-state index < -0.39 is 0 Å². The maximum atomic E-state index is 5.65. The minimum Gasteiger partial charge on any atom is -0.492 e. The lowest BCUT2D eigenvalue weighted by atomic mass is 10.0. The monoisotopic (exact) mass is 237 g/mol. The molecule has 2 heterocycles. The first-order chi connectivity index (χ1) is 8.35. The highest BCUT2D eigenvalue weighted by Crippen LogP contribution is 2.27. The third-order valence-electron chi connectivity index (χ3n) is 2.92. The zero-order valence-electron chi connectivity index (χ0n) is 10.1. The molecule has 0 saturated carbocycles. The van der Waals surface area contributed by atoms with Crippen LogP contribution in [-0.2, 0) is 4.74 Å². The van der Waals surface area contributed by atoms with Gasteiger partial charge in [-0.25, -0.2) is 0 Å². The maximum Gasteiger partial charge on any atom is 0.137 e. The van der Waals surface area contributed by atoms with Crippen molar-refractivity contribution in [3.05, 3.63) is 24.0 Å². The van der Waals surface area contributed by atoms with E-state index in [0.717, 1.165) is 30.8 Å². The van der Waals surface area contributed by atoms with Crippen LogP contribution in [0.15, 0.2) is 18.5 Å². The number of pyridine rings is 1. The van der Waals surface area contributed by atoms with Gasteiger partial charge in [0.25, 0.3) is 0 Å². The van der Waals surface area contributed by atoms with E-state index in [0.29, 0.717) is 6.61 Å². The highest BCUT2D eigenvalue weighted by molar-refractivity contribution is 5.26. The summed E-state index contributed by atoms with van der Waals surface area (Å²) in [4.78, 5) is 4.17. The number of aromatic nitrogens is 1. The minimum absolute atomic E-state index is 0.0228. The van der Waals surface area contributed by atoms with Crippen LogP contribution in [0.3, 0.4) is 0 Å². The van der Waals surface area contributed by atoms with Gasteiger partial charge in [-0.15, -0.1) is 0 Å². The van der Waals surface area contributed by atoms with E-state index in [9.17, 15) is 0 Å². The lowest BCUT2D eigenvalue weighted by Crippen LogP contribution is -2.36. The average Bonchev–Trinajstić information content (AvgIpc) is 2.85. The van der Waals surface area contributed by atoms with Crippen LogP contribution >= 0.6 is 0 Å². The van der Waals surface area contributed by atoms with Gasteiger partial charge < -0.3 is 9.47 Å². The Hall–Kier alpha value is -1.17.